The topological polar surface area (TPSA) is 88.1 Å². The maximum atomic E-state index is 13.8. The number of fused-ring (bicyclic) bond motifs is 4. The largest absolute Gasteiger partial charge is 0.490 e. The summed E-state index contributed by atoms with van der Waals surface area (Å²) in [5.41, 5.74) is 2.35. The van der Waals surface area contributed by atoms with Gasteiger partial charge in [-0.3, -0.25) is 9.52 Å². The van der Waals surface area contributed by atoms with Crippen LogP contribution in [0.4, 0.5) is 5.69 Å². The number of carbonyl (C=O) groups excluding carboxylic acids is 1. The average Bonchev–Trinajstić information content (AvgIpc) is 3.15. The molecule has 46 heavy (non-hydrogen) atoms. The number of carbonyl (C=O) groups is 1. The summed E-state index contributed by atoms with van der Waals surface area (Å²) >= 11 is 6.44. The summed E-state index contributed by atoms with van der Waals surface area (Å²) in [7, 11) is -2.98. The molecule has 0 radical (unpaired) electrons. The second-order valence-corrected chi connectivity index (χ2v) is 16.8. The molecule has 2 heterocycles. The molecule has 7 nitrogen and oxygen atoms in total. The zero-order chi connectivity index (χ0) is 32.7. The first-order valence-corrected chi connectivity index (χ1v) is 18.7. The van der Waals surface area contributed by atoms with Crippen LogP contribution in [0.2, 0.25) is 5.02 Å². The van der Waals surface area contributed by atoms with E-state index in [-0.39, 0.29) is 29.8 Å². The standard InChI is InChI=1S/C37H47ClN2O5S/c1-5-18-44-24-37(42)17-6-8-25(2)26(3)46(4,43)39-35(41)28-11-15-34-33(20-28)40(21-29-10-13-32(29)37)22-36(23-45-34)16-7-9-27-19-30(38)12-14-31(27)36/h5-6,11-12,14-15,17,19-20,25-26,29,32,42H,1,4,7-10,13,16,18,21-24H2,2-3H3,(H,39,41,43)/b17-6+/t25-,26+,29-,32+,36-,37-,46?/m0/s1. The van der Waals surface area contributed by atoms with E-state index < -0.39 is 26.5 Å². The Balaban J connectivity index is 1.44. The van der Waals surface area contributed by atoms with E-state index in [0.29, 0.717) is 44.0 Å². The van der Waals surface area contributed by atoms with Crippen molar-refractivity contribution in [1.82, 2.24) is 4.72 Å². The number of halogens is 1. The van der Waals surface area contributed by atoms with Gasteiger partial charge in [0.25, 0.3) is 5.91 Å². The SMILES string of the molecule is C=CCOC[C@@]1(O)/C=C/C[C@H](C)[C@@H](C)S(=C)(=O)NC(=O)c2ccc3c(c2)N(C[C@@H]2CC[C@H]21)C[C@@]1(CCCc2cc(Cl)ccc21)CO3. The number of hydrogen-bond donors (Lipinski definition) is 2. The second-order valence-electron chi connectivity index (χ2n) is 14.0. The van der Waals surface area contributed by atoms with Crippen LogP contribution in [0.3, 0.4) is 0 Å². The number of amides is 1. The predicted molar refractivity (Wildman–Crippen MR) is 188 cm³/mol. The van der Waals surface area contributed by atoms with Crippen molar-refractivity contribution in [3.8, 4) is 5.75 Å². The molecule has 2 aliphatic heterocycles. The maximum Gasteiger partial charge on any atom is 0.262 e. The second kappa shape index (κ2) is 13.0. The molecule has 1 amide bonds. The third-order valence-electron chi connectivity index (χ3n) is 11.0. The zero-order valence-electron chi connectivity index (χ0n) is 27.0. The normalized spacial score (nSPS) is 35.0. The number of aliphatic hydroxyl groups is 1. The van der Waals surface area contributed by atoms with Crippen molar-refractivity contribution in [2.75, 3.05) is 37.8 Å². The van der Waals surface area contributed by atoms with Crippen LogP contribution < -0.4 is 14.4 Å². The van der Waals surface area contributed by atoms with E-state index in [0.717, 1.165) is 42.8 Å². The van der Waals surface area contributed by atoms with Crippen molar-refractivity contribution in [2.24, 2.45) is 17.8 Å². The average molecular weight is 667 g/mol. The van der Waals surface area contributed by atoms with Crippen molar-refractivity contribution < 1.29 is 23.6 Å². The van der Waals surface area contributed by atoms with Gasteiger partial charge in [-0.1, -0.05) is 42.8 Å². The molecular formula is C37H47ClN2O5S. The summed E-state index contributed by atoms with van der Waals surface area (Å²) in [5.74, 6) is 4.41. The summed E-state index contributed by atoms with van der Waals surface area (Å²) in [4.78, 5) is 16.0. The van der Waals surface area contributed by atoms with Gasteiger partial charge >= 0.3 is 0 Å². The maximum absolute atomic E-state index is 13.8. The number of nitrogens with zero attached hydrogens (tertiary/aromatic N) is 1. The van der Waals surface area contributed by atoms with Gasteiger partial charge in [0, 0.05) is 34.3 Å². The predicted octanol–water partition coefficient (Wildman–Crippen LogP) is 6.12. The van der Waals surface area contributed by atoms with Crippen LogP contribution in [0.5, 0.6) is 5.75 Å². The first-order chi connectivity index (χ1) is 21.9. The highest BCUT2D eigenvalue weighted by Gasteiger charge is 2.48. The lowest BCUT2D eigenvalue weighted by Gasteiger charge is -2.49. The first kappa shape index (κ1) is 33.1. The third-order valence-corrected chi connectivity index (χ3v) is 13.4. The number of allylic oxidation sites excluding steroid dienone is 1. The van der Waals surface area contributed by atoms with Crippen molar-refractivity contribution in [3.05, 3.63) is 82.9 Å². The Morgan fingerprint density at radius 1 is 1.24 bits per heavy atom. The molecule has 1 fully saturated rings. The van der Waals surface area contributed by atoms with E-state index >= 15 is 0 Å². The molecule has 7 atom stereocenters. The fourth-order valence-corrected chi connectivity index (χ4v) is 9.60. The molecule has 4 aliphatic rings. The number of hydrogen-bond acceptors (Lipinski definition) is 6. The van der Waals surface area contributed by atoms with Gasteiger partial charge in [-0.15, -0.1) is 6.58 Å². The molecule has 0 aromatic heterocycles. The summed E-state index contributed by atoms with van der Waals surface area (Å²) in [6.45, 7) is 10.1. The molecule has 1 unspecified atom stereocenters. The number of aryl methyl sites for hydroxylation is 1. The van der Waals surface area contributed by atoms with E-state index in [1.165, 1.54) is 11.1 Å². The van der Waals surface area contributed by atoms with Gasteiger partial charge in [0.15, 0.2) is 0 Å². The Hall–Kier alpha value is -2.78. The Morgan fingerprint density at radius 3 is 2.83 bits per heavy atom. The van der Waals surface area contributed by atoms with Crippen LogP contribution in [0.25, 0.3) is 0 Å². The number of anilines is 1. The van der Waals surface area contributed by atoms with Crippen LogP contribution >= 0.6 is 11.6 Å². The minimum Gasteiger partial charge on any atom is -0.490 e. The lowest BCUT2D eigenvalue weighted by atomic mass is 9.64. The van der Waals surface area contributed by atoms with Crippen molar-refractivity contribution in [1.29, 1.82) is 0 Å². The smallest absolute Gasteiger partial charge is 0.262 e. The summed E-state index contributed by atoms with van der Waals surface area (Å²) < 4.78 is 29.1. The molecule has 2 aromatic carbocycles. The lowest BCUT2D eigenvalue weighted by Crippen LogP contribution is -2.54. The number of rotatable bonds is 4. The fraction of sp³-hybridized carbons (Fsp3) is 0.514. The number of ether oxygens (including phenoxy) is 2. The van der Waals surface area contributed by atoms with E-state index in [2.05, 4.69) is 34.2 Å². The summed E-state index contributed by atoms with van der Waals surface area (Å²) in [6, 6.07) is 11.7. The van der Waals surface area contributed by atoms with Crippen LogP contribution in [0.1, 0.15) is 67.4 Å². The highest BCUT2D eigenvalue weighted by Crippen LogP contribution is 2.48. The lowest BCUT2D eigenvalue weighted by molar-refractivity contribution is -0.0914. The monoisotopic (exact) mass is 666 g/mol. The quantitative estimate of drug-likeness (QED) is 0.232. The molecule has 1 saturated carbocycles. The molecule has 1 spiro atoms. The van der Waals surface area contributed by atoms with E-state index in [4.69, 9.17) is 21.1 Å². The first-order valence-electron chi connectivity index (χ1n) is 16.5. The molecule has 2 N–H and O–H groups in total. The molecule has 2 aliphatic carbocycles. The van der Waals surface area contributed by atoms with Crippen LogP contribution in [0, 0.1) is 17.8 Å². The van der Waals surface area contributed by atoms with Crippen LogP contribution in [-0.2, 0) is 26.3 Å². The molecule has 2 aromatic rings. The minimum absolute atomic E-state index is 0.0150. The minimum atomic E-state index is -2.98. The van der Waals surface area contributed by atoms with Gasteiger partial charge in [-0.05, 0) is 111 Å². The molecule has 248 valence electrons. The number of benzene rings is 2. The van der Waals surface area contributed by atoms with Crippen LogP contribution in [-0.4, -0.2) is 64.9 Å². The van der Waals surface area contributed by atoms with Gasteiger partial charge in [-0.25, -0.2) is 4.21 Å². The van der Waals surface area contributed by atoms with Gasteiger partial charge in [0.1, 0.15) is 11.4 Å². The highest BCUT2D eigenvalue weighted by atomic mass is 35.5. The molecular weight excluding hydrogens is 620 g/mol. The Labute approximate surface area is 279 Å². The fourth-order valence-electron chi connectivity index (χ4n) is 7.93. The van der Waals surface area contributed by atoms with Crippen molar-refractivity contribution in [2.45, 2.75) is 68.6 Å². The Kier molecular flexibility index (Phi) is 9.38. The molecule has 2 bridgehead atoms. The molecule has 6 rings (SSSR count). The molecule has 0 saturated heterocycles. The van der Waals surface area contributed by atoms with Gasteiger partial charge in [0.05, 0.1) is 35.2 Å². The van der Waals surface area contributed by atoms with Crippen molar-refractivity contribution >= 4 is 38.8 Å². The molecule has 9 heteroatoms. The van der Waals surface area contributed by atoms with E-state index in [9.17, 15) is 14.1 Å². The van der Waals surface area contributed by atoms with Gasteiger partial charge in [0.2, 0.25) is 0 Å². The van der Waals surface area contributed by atoms with Crippen LogP contribution in [0.15, 0.2) is 61.2 Å². The summed E-state index contributed by atoms with van der Waals surface area (Å²) in [5, 5.41) is 12.5. The summed E-state index contributed by atoms with van der Waals surface area (Å²) in [6.07, 6.45) is 11.0. The third kappa shape index (κ3) is 6.38. The highest BCUT2D eigenvalue weighted by molar-refractivity contribution is 7.99. The van der Waals surface area contributed by atoms with E-state index in [1.807, 2.05) is 44.2 Å². The van der Waals surface area contributed by atoms with Crippen molar-refractivity contribution in [3.63, 3.8) is 0 Å². The Bertz CT molecular complexity index is 1630. The van der Waals surface area contributed by atoms with Gasteiger partial charge < -0.3 is 19.5 Å². The van der Waals surface area contributed by atoms with Gasteiger partial charge in [-0.2, -0.15) is 0 Å². The zero-order valence-corrected chi connectivity index (χ0v) is 28.6. The van der Waals surface area contributed by atoms with E-state index in [1.54, 1.807) is 12.1 Å². The number of nitrogens with one attached hydrogen (secondary N) is 1. The Morgan fingerprint density at radius 2 is 2.07 bits per heavy atom.